The van der Waals surface area contributed by atoms with Crippen molar-refractivity contribution in [2.24, 2.45) is 5.41 Å². The molecule has 1 unspecified atom stereocenters. The van der Waals surface area contributed by atoms with E-state index in [-0.39, 0.29) is 21.7 Å². The average molecular weight is 770 g/mol. The molecule has 0 amide bonds. The van der Waals surface area contributed by atoms with Gasteiger partial charge >= 0.3 is 0 Å². The fourth-order valence-electron chi connectivity index (χ4n) is 10.6. The normalized spacial score (nSPS) is 16.6. The van der Waals surface area contributed by atoms with Gasteiger partial charge in [-0.2, -0.15) is 0 Å². The first-order chi connectivity index (χ1) is 27.9. The first-order valence-electron chi connectivity index (χ1n) is 21.5. The van der Waals surface area contributed by atoms with Gasteiger partial charge in [-0.05, 0) is 113 Å². The van der Waals surface area contributed by atoms with Crippen molar-refractivity contribution in [2.45, 2.75) is 97.8 Å². The quantitative estimate of drug-likeness (QED) is 0.169. The van der Waals surface area contributed by atoms with Gasteiger partial charge in [0, 0.05) is 22.4 Å². The van der Waals surface area contributed by atoms with Crippen LogP contribution in [0.2, 0.25) is 0 Å². The number of benzene rings is 7. The lowest BCUT2D eigenvalue weighted by atomic mass is 9.55. The monoisotopic (exact) mass is 769 g/mol. The van der Waals surface area contributed by atoms with Gasteiger partial charge in [0.2, 0.25) is 0 Å². The molecule has 0 bridgehead atoms. The molecule has 0 radical (unpaired) electrons. The third kappa shape index (κ3) is 5.95. The second kappa shape index (κ2) is 13.4. The summed E-state index contributed by atoms with van der Waals surface area (Å²) in [5, 5.41) is 0. The highest BCUT2D eigenvalue weighted by atomic mass is 15.1. The summed E-state index contributed by atoms with van der Waals surface area (Å²) >= 11 is 0. The lowest BCUT2D eigenvalue weighted by Crippen LogP contribution is -2.42. The summed E-state index contributed by atoms with van der Waals surface area (Å²) in [5.41, 5.74) is 20.2. The fourth-order valence-corrected chi connectivity index (χ4v) is 10.6. The van der Waals surface area contributed by atoms with E-state index in [1.165, 1.54) is 83.7 Å². The Balaban J connectivity index is 1.39. The van der Waals surface area contributed by atoms with E-state index in [1.54, 1.807) is 0 Å². The van der Waals surface area contributed by atoms with Crippen molar-refractivity contribution in [2.75, 3.05) is 4.90 Å². The Morgan fingerprint density at radius 2 is 1.02 bits per heavy atom. The Labute approximate surface area is 353 Å². The molecule has 7 aromatic carbocycles. The van der Waals surface area contributed by atoms with E-state index in [0.717, 1.165) is 5.69 Å². The van der Waals surface area contributed by atoms with Crippen molar-refractivity contribution in [1.29, 1.82) is 0 Å². The van der Waals surface area contributed by atoms with Gasteiger partial charge in [0.05, 0.1) is 11.1 Å². The van der Waals surface area contributed by atoms with Crippen LogP contribution in [0.5, 0.6) is 0 Å². The Bertz CT molecular complexity index is 2710. The highest BCUT2D eigenvalue weighted by molar-refractivity contribution is 5.98. The van der Waals surface area contributed by atoms with Gasteiger partial charge in [-0.3, -0.25) is 0 Å². The van der Waals surface area contributed by atoms with Crippen LogP contribution < -0.4 is 4.90 Å². The minimum Gasteiger partial charge on any atom is -0.310 e. The number of anilines is 3. The number of hydrogen-bond donors (Lipinski definition) is 0. The van der Waals surface area contributed by atoms with Crippen LogP contribution >= 0.6 is 0 Å². The molecule has 0 heterocycles. The minimum atomic E-state index is -0.418. The number of nitrogens with zero attached hydrogens (tertiary/aromatic N) is 1. The van der Waals surface area contributed by atoms with Crippen molar-refractivity contribution in [3.63, 3.8) is 0 Å². The third-order valence-electron chi connectivity index (χ3n) is 13.5. The second-order valence-electron chi connectivity index (χ2n) is 20.7. The molecular formula is C58H59N. The smallest absolute Gasteiger partial charge is 0.0543 e. The number of rotatable bonds is 5. The molecule has 2 aliphatic carbocycles. The SMILES string of the molecule is CC(C)(C)c1cc2c(c(C(C)(C)C)c1)C(c1ccccc1)(C(C)(C)C)c1cccc(N(c3ccc(-c4ccccc4)cc3)c3ccc4c(c3)C(C)(C)c3ccccc3-4)c1-2. The van der Waals surface area contributed by atoms with Crippen LogP contribution in [-0.4, -0.2) is 0 Å². The highest BCUT2D eigenvalue weighted by Crippen LogP contribution is 2.65. The molecule has 0 spiro atoms. The van der Waals surface area contributed by atoms with Crippen LogP contribution in [0.1, 0.15) is 115 Å². The largest absolute Gasteiger partial charge is 0.310 e. The van der Waals surface area contributed by atoms with E-state index in [0.29, 0.717) is 0 Å². The highest BCUT2D eigenvalue weighted by Gasteiger charge is 2.55. The molecule has 7 aromatic rings. The first-order valence-corrected chi connectivity index (χ1v) is 21.5. The Hall–Kier alpha value is -5.66. The summed E-state index contributed by atoms with van der Waals surface area (Å²) in [6.07, 6.45) is 0. The predicted molar refractivity (Wildman–Crippen MR) is 253 cm³/mol. The van der Waals surface area contributed by atoms with Crippen LogP contribution in [0.3, 0.4) is 0 Å². The molecule has 9 rings (SSSR count). The van der Waals surface area contributed by atoms with Crippen molar-refractivity contribution in [1.82, 2.24) is 0 Å². The van der Waals surface area contributed by atoms with E-state index >= 15 is 0 Å². The van der Waals surface area contributed by atoms with Gasteiger partial charge < -0.3 is 4.90 Å². The summed E-state index contributed by atoms with van der Waals surface area (Å²) in [5.74, 6) is 0. The zero-order valence-electron chi connectivity index (χ0n) is 37.0. The van der Waals surface area contributed by atoms with E-state index in [1.807, 2.05) is 0 Å². The summed E-state index contributed by atoms with van der Waals surface area (Å²) in [7, 11) is 0. The Morgan fingerprint density at radius 1 is 0.441 bits per heavy atom. The van der Waals surface area contributed by atoms with E-state index in [2.05, 4.69) is 239 Å². The molecule has 1 atom stereocenters. The number of fused-ring (bicyclic) bond motifs is 6. The molecule has 0 saturated carbocycles. The van der Waals surface area contributed by atoms with Gasteiger partial charge in [-0.15, -0.1) is 0 Å². The minimum absolute atomic E-state index is 0.0443. The first kappa shape index (κ1) is 38.8. The molecule has 1 heteroatoms. The Morgan fingerprint density at radius 3 is 1.66 bits per heavy atom. The predicted octanol–water partition coefficient (Wildman–Crippen LogP) is 16.1. The average Bonchev–Trinajstić information content (AvgIpc) is 3.64. The van der Waals surface area contributed by atoms with Crippen LogP contribution in [-0.2, 0) is 21.7 Å². The summed E-state index contributed by atoms with van der Waals surface area (Å²) in [6, 6.07) is 59.8. The van der Waals surface area contributed by atoms with Gasteiger partial charge in [-0.1, -0.05) is 204 Å². The molecule has 1 nitrogen and oxygen atoms in total. The van der Waals surface area contributed by atoms with Gasteiger partial charge in [-0.25, -0.2) is 0 Å². The van der Waals surface area contributed by atoms with Crippen LogP contribution in [0.4, 0.5) is 17.1 Å². The maximum Gasteiger partial charge on any atom is 0.0543 e. The lowest BCUT2D eigenvalue weighted by molar-refractivity contribution is 0.274. The molecule has 2 aliphatic rings. The van der Waals surface area contributed by atoms with E-state index in [4.69, 9.17) is 0 Å². The molecule has 296 valence electrons. The second-order valence-corrected chi connectivity index (χ2v) is 20.7. The lowest BCUT2D eigenvalue weighted by Gasteiger charge is -2.47. The zero-order chi connectivity index (χ0) is 41.7. The van der Waals surface area contributed by atoms with Crippen molar-refractivity contribution >= 4 is 17.1 Å². The third-order valence-corrected chi connectivity index (χ3v) is 13.5. The standard InChI is InChI=1S/C58H59N/c1-54(2,3)41-35-46-52-48(58(56(7,8)9,40-23-16-13-17-24-40)53(46)50(36-41)55(4,5)6)27-20-28-51(52)59(42-31-29-39(30-32-42)38-21-14-12-15-22-38)43-33-34-45-44-25-18-19-26-47(44)57(10,11)49(45)37-43/h12-37H,1-11H3. The maximum absolute atomic E-state index is 2.56. The van der Waals surface area contributed by atoms with Crippen LogP contribution in [0.15, 0.2) is 158 Å². The zero-order valence-corrected chi connectivity index (χ0v) is 37.0. The molecule has 59 heavy (non-hydrogen) atoms. The van der Waals surface area contributed by atoms with Crippen molar-refractivity contribution in [3.8, 4) is 33.4 Å². The maximum atomic E-state index is 2.56. The molecule has 0 N–H and O–H groups in total. The molecule has 0 saturated heterocycles. The van der Waals surface area contributed by atoms with Gasteiger partial charge in [0.1, 0.15) is 0 Å². The van der Waals surface area contributed by atoms with Gasteiger partial charge in [0.25, 0.3) is 0 Å². The summed E-state index contributed by atoms with van der Waals surface area (Å²) < 4.78 is 0. The molecule has 0 fully saturated rings. The molecule has 0 aromatic heterocycles. The van der Waals surface area contributed by atoms with Crippen molar-refractivity contribution in [3.05, 3.63) is 197 Å². The van der Waals surface area contributed by atoms with Gasteiger partial charge in [0.15, 0.2) is 0 Å². The summed E-state index contributed by atoms with van der Waals surface area (Å²) in [6.45, 7) is 26.4. The van der Waals surface area contributed by atoms with E-state index < -0.39 is 5.41 Å². The molecule has 0 aliphatic heterocycles. The molecular weight excluding hydrogens is 711 g/mol. The summed E-state index contributed by atoms with van der Waals surface area (Å²) in [4.78, 5) is 2.56. The van der Waals surface area contributed by atoms with Crippen molar-refractivity contribution < 1.29 is 0 Å². The fraction of sp³-hybridized carbons (Fsp3) is 0.276. The van der Waals surface area contributed by atoms with Crippen LogP contribution in [0, 0.1) is 5.41 Å². The number of hydrogen-bond acceptors (Lipinski definition) is 1. The Kier molecular flexibility index (Phi) is 8.84. The van der Waals surface area contributed by atoms with Crippen LogP contribution in [0.25, 0.3) is 33.4 Å². The topological polar surface area (TPSA) is 3.24 Å². The van der Waals surface area contributed by atoms with E-state index in [9.17, 15) is 0 Å².